The van der Waals surface area contributed by atoms with Crippen LogP contribution in [0, 0.1) is 0 Å². The van der Waals surface area contributed by atoms with Gasteiger partial charge in [-0.25, -0.2) is 9.59 Å². The molecule has 0 saturated carbocycles. The summed E-state index contributed by atoms with van der Waals surface area (Å²) >= 11 is 0. The fourth-order valence-electron chi connectivity index (χ4n) is 2.30. The van der Waals surface area contributed by atoms with Crippen molar-refractivity contribution in [1.82, 2.24) is 20.4 Å². The van der Waals surface area contributed by atoms with Gasteiger partial charge in [0.25, 0.3) is 0 Å². The lowest BCUT2D eigenvalue weighted by atomic mass is 10.2. The van der Waals surface area contributed by atoms with Gasteiger partial charge in [-0.2, -0.15) is 0 Å². The summed E-state index contributed by atoms with van der Waals surface area (Å²) in [7, 11) is 1.71. The van der Waals surface area contributed by atoms with Crippen molar-refractivity contribution in [3.63, 3.8) is 0 Å². The van der Waals surface area contributed by atoms with Crippen LogP contribution in [0.5, 0.6) is 0 Å². The fourth-order valence-corrected chi connectivity index (χ4v) is 2.30. The van der Waals surface area contributed by atoms with E-state index in [9.17, 15) is 9.59 Å². The number of amides is 2. The normalized spacial score (nSPS) is 15.6. The Morgan fingerprint density at radius 1 is 1.04 bits per heavy atom. The maximum atomic E-state index is 11.7. The minimum absolute atomic E-state index is 0.272. The van der Waals surface area contributed by atoms with Crippen molar-refractivity contribution < 1.29 is 19.1 Å². The summed E-state index contributed by atoms with van der Waals surface area (Å²) in [6.07, 6.45) is -0.709. The molecule has 1 aliphatic rings. The van der Waals surface area contributed by atoms with Crippen LogP contribution < -0.4 is 10.6 Å². The van der Waals surface area contributed by atoms with Gasteiger partial charge in [0, 0.05) is 46.3 Å². The summed E-state index contributed by atoms with van der Waals surface area (Å²) in [5, 5.41) is 5.89. The van der Waals surface area contributed by atoms with Gasteiger partial charge >= 0.3 is 12.2 Å². The Morgan fingerprint density at radius 2 is 1.60 bits per heavy atom. The minimum atomic E-state index is -0.508. The lowest BCUT2D eigenvalue weighted by Gasteiger charge is -2.35. The third-order valence-corrected chi connectivity index (χ3v) is 3.39. The highest BCUT2D eigenvalue weighted by Gasteiger charge is 2.23. The van der Waals surface area contributed by atoms with Crippen LogP contribution >= 0.6 is 0 Å². The van der Waals surface area contributed by atoms with E-state index in [1.165, 1.54) is 0 Å². The highest BCUT2D eigenvalue weighted by molar-refractivity contribution is 5.80. The maximum Gasteiger partial charge on any atom is 0.409 e. The molecule has 0 aromatic heterocycles. The van der Waals surface area contributed by atoms with Crippen molar-refractivity contribution in [2.45, 2.75) is 33.3 Å². The van der Waals surface area contributed by atoms with Crippen molar-refractivity contribution in [3.05, 3.63) is 0 Å². The molecular formula is C16H31N5O4. The first kappa shape index (κ1) is 20.9. The number of carbonyl (C=O) groups excluding carboxylic acids is 2. The largest absolute Gasteiger partial charge is 0.450 e. The van der Waals surface area contributed by atoms with Crippen molar-refractivity contribution in [2.24, 2.45) is 4.99 Å². The van der Waals surface area contributed by atoms with E-state index < -0.39 is 11.7 Å². The van der Waals surface area contributed by atoms with E-state index >= 15 is 0 Å². The number of hydrogen-bond donors (Lipinski definition) is 2. The molecule has 9 nitrogen and oxygen atoms in total. The first-order valence-corrected chi connectivity index (χ1v) is 8.61. The molecule has 0 bridgehead atoms. The molecule has 1 saturated heterocycles. The summed E-state index contributed by atoms with van der Waals surface area (Å²) in [6, 6.07) is 0. The second-order valence-electron chi connectivity index (χ2n) is 6.58. The second-order valence-corrected chi connectivity index (χ2v) is 6.58. The van der Waals surface area contributed by atoms with E-state index in [-0.39, 0.29) is 6.09 Å². The highest BCUT2D eigenvalue weighted by atomic mass is 16.6. The smallest absolute Gasteiger partial charge is 0.409 e. The Morgan fingerprint density at radius 3 is 2.12 bits per heavy atom. The SMILES string of the molecule is CCOC(=O)N1CCN(C(=NC)NCCNC(=O)OC(C)(C)C)CC1. The zero-order valence-electron chi connectivity index (χ0n) is 15.9. The molecule has 0 aromatic carbocycles. The molecule has 25 heavy (non-hydrogen) atoms. The summed E-state index contributed by atoms with van der Waals surface area (Å²) in [5.74, 6) is 0.745. The van der Waals surface area contributed by atoms with Crippen LogP contribution in [0.4, 0.5) is 9.59 Å². The zero-order valence-corrected chi connectivity index (χ0v) is 15.9. The second kappa shape index (κ2) is 9.95. The van der Waals surface area contributed by atoms with Gasteiger partial charge in [0.05, 0.1) is 6.61 Å². The van der Waals surface area contributed by atoms with Crippen molar-refractivity contribution in [2.75, 3.05) is 52.9 Å². The van der Waals surface area contributed by atoms with Crippen LogP contribution in [-0.2, 0) is 9.47 Å². The average Bonchev–Trinajstić information content (AvgIpc) is 2.54. The summed E-state index contributed by atoms with van der Waals surface area (Å²) in [4.78, 5) is 31.3. The number of nitrogens with one attached hydrogen (secondary N) is 2. The van der Waals surface area contributed by atoms with Gasteiger partial charge in [-0.3, -0.25) is 4.99 Å². The molecule has 0 radical (unpaired) electrons. The van der Waals surface area contributed by atoms with Gasteiger partial charge in [-0.05, 0) is 27.7 Å². The third-order valence-electron chi connectivity index (χ3n) is 3.39. The average molecular weight is 357 g/mol. The molecule has 0 aliphatic carbocycles. The number of nitrogens with zero attached hydrogens (tertiary/aromatic N) is 3. The highest BCUT2D eigenvalue weighted by Crippen LogP contribution is 2.06. The number of guanidine groups is 1. The molecule has 1 rings (SSSR count). The number of ether oxygens (including phenoxy) is 2. The van der Waals surface area contributed by atoms with Gasteiger partial charge in [0.15, 0.2) is 5.96 Å². The standard InChI is InChI=1S/C16H31N5O4/c1-6-24-15(23)21-11-9-20(10-12-21)13(17-5)18-7-8-19-14(22)25-16(2,3)4/h6-12H2,1-5H3,(H,17,18)(H,19,22). The first-order chi connectivity index (χ1) is 11.8. The Balaban J connectivity index is 2.29. The summed E-state index contributed by atoms with van der Waals surface area (Å²) in [6.45, 7) is 11.1. The summed E-state index contributed by atoms with van der Waals surface area (Å²) < 4.78 is 10.2. The lowest BCUT2D eigenvalue weighted by Crippen LogP contribution is -2.54. The molecule has 2 amide bonds. The maximum absolute atomic E-state index is 11.7. The van der Waals surface area contributed by atoms with E-state index in [1.807, 2.05) is 20.8 Å². The van der Waals surface area contributed by atoms with E-state index in [0.29, 0.717) is 45.9 Å². The molecule has 1 heterocycles. The number of carbonyl (C=O) groups is 2. The van der Waals surface area contributed by atoms with E-state index in [0.717, 1.165) is 5.96 Å². The Hall–Kier alpha value is -2.19. The predicted octanol–water partition coefficient (Wildman–Crippen LogP) is 0.861. The molecule has 0 unspecified atom stereocenters. The molecule has 9 heteroatoms. The zero-order chi connectivity index (χ0) is 18.9. The van der Waals surface area contributed by atoms with Gasteiger partial charge < -0.3 is 29.9 Å². The number of alkyl carbamates (subject to hydrolysis) is 1. The van der Waals surface area contributed by atoms with E-state index in [4.69, 9.17) is 9.47 Å². The molecular weight excluding hydrogens is 326 g/mol. The Kier molecular flexibility index (Phi) is 8.30. The van der Waals surface area contributed by atoms with Crippen LogP contribution in [0.15, 0.2) is 4.99 Å². The minimum Gasteiger partial charge on any atom is -0.450 e. The molecule has 0 aromatic rings. The molecule has 1 fully saturated rings. The molecule has 1 aliphatic heterocycles. The van der Waals surface area contributed by atoms with Gasteiger partial charge in [0.1, 0.15) is 5.60 Å². The quantitative estimate of drug-likeness (QED) is 0.440. The van der Waals surface area contributed by atoms with Gasteiger partial charge in [-0.15, -0.1) is 0 Å². The van der Waals surface area contributed by atoms with Crippen molar-refractivity contribution in [1.29, 1.82) is 0 Å². The molecule has 2 N–H and O–H groups in total. The van der Waals surface area contributed by atoms with Crippen LogP contribution in [0.2, 0.25) is 0 Å². The number of piperazine rings is 1. The van der Waals surface area contributed by atoms with E-state index in [2.05, 4.69) is 20.5 Å². The van der Waals surface area contributed by atoms with Crippen molar-refractivity contribution >= 4 is 18.1 Å². The van der Waals surface area contributed by atoms with Crippen LogP contribution in [-0.4, -0.2) is 86.5 Å². The first-order valence-electron chi connectivity index (χ1n) is 8.61. The van der Waals surface area contributed by atoms with Crippen molar-refractivity contribution in [3.8, 4) is 0 Å². The fraction of sp³-hybridized carbons (Fsp3) is 0.812. The number of aliphatic imine (C=N–C) groups is 1. The van der Waals surface area contributed by atoms with Gasteiger partial charge in [-0.1, -0.05) is 0 Å². The Labute approximate surface area is 149 Å². The van der Waals surface area contributed by atoms with Crippen LogP contribution in [0.1, 0.15) is 27.7 Å². The van der Waals surface area contributed by atoms with Crippen LogP contribution in [0.25, 0.3) is 0 Å². The Bertz CT molecular complexity index is 468. The number of hydrogen-bond acceptors (Lipinski definition) is 5. The molecule has 144 valence electrons. The third kappa shape index (κ3) is 7.95. The van der Waals surface area contributed by atoms with Crippen LogP contribution in [0.3, 0.4) is 0 Å². The van der Waals surface area contributed by atoms with Gasteiger partial charge in [0.2, 0.25) is 0 Å². The topological polar surface area (TPSA) is 95.5 Å². The van der Waals surface area contributed by atoms with E-state index in [1.54, 1.807) is 18.9 Å². The predicted molar refractivity (Wildman–Crippen MR) is 95.8 cm³/mol. The monoisotopic (exact) mass is 357 g/mol. The molecule has 0 atom stereocenters. The molecule has 0 spiro atoms. The number of rotatable bonds is 4. The summed E-state index contributed by atoms with van der Waals surface area (Å²) in [5.41, 5.74) is -0.508. The lowest BCUT2D eigenvalue weighted by molar-refractivity contribution is 0.0528.